The number of hydrogen-bond acceptors (Lipinski definition) is 3. The lowest BCUT2D eigenvalue weighted by Gasteiger charge is -2.24. The third kappa shape index (κ3) is 1.90. The smallest absolute Gasteiger partial charge is 0.104 e. The van der Waals surface area contributed by atoms with E-state index in [2.05, 4.69) is 5.29 Å². The SMILES string of the molecule is O=NN1c2ccccc2Cc2ccccc2C1CO. The molecule has 0 spiro atoms. The molecule has 19 heavy (non-hydrogen) atoms. The minimum absolute atomic E-state index is 0.142. The second-order valence-corrected chi connectivity index (χ2v) is 4.63. The molecule has 0 aromatic heterocycles. The van der Waals surface area contributed by atoms with Gasteiger partial charge in [0.25, 0.3) is 0 Å². The average molecular weight is 254 g/mol. The number of hydrogen-bond donors (Lipinski definition) is 1. The second-order valence-electron chi connectivity index (χ2n) is 4.63. The van der Waals surface area contributed by atoms with Crippen molar-refractivity contribution in [3.63, 3.8) is 0 Å². The van der Waals surface area contributed by atoms with Crippen molar-refractivity contribution in [3.05, 3.63) is 70.1 Å². The molecule has 0 bridgehead atoms. The Labute approximate surface area is 111 Å². The molecule has 0 amide bonds. The van der Waals surface area contributed by atoms with Gasteiger partial charge in [0.15, 0.2) is 0 Å². The van der Waals surface area contributed by atoms with Crippen LogP contribution in [0.15, 0.2) is 53.8 Å². The van der Waals surface area contributed by atoms with Crippen molar-refractivity contribution in [1.29, 1.82) is 0 Å². The molecule has 0 saturated carbocycles. The molecule has 3 rings (SSSR count). The molecule has 1 aliphatic heterocycles. The second kappa shape index (κ2) is 4.82. The highest BCUT2D eigenvalue weighted by Crippen LogP contribution is 2.36. The third-order valence-electron chi connectivity index (χ3n) is 3.59. The average Bonchev–Trinajstić information content (AvgIpc) is 2.60. The maximum atomic E-state index is 11.2. The quantitative estimate of drug-likeness (QED) is 0.838. The van der Waals surface area contributed by atoms with E-state index < -0.39 is 6.04 Å². The highest BCUT2D eigenvalue weighted by molar-refractivity contribution is 5.59. The summed E-state index contributed by atoms with van der Waals surface area (Å²) in [6.07, 6.45) is 0.745. The summed E-state index contributed by atoms with van der Waals surface area (Å²) in [5.74, 6) is 0. The molecular weight excluding hydrogens is 240 g/mol. The van der Waals surface area contributed by atoms with Crippen LogP contribution in [0.25, 0.3) is 0 Å². The summed E-state index contributed by atoms with van der Waals surface area (Å²) in [5, 5.41) is 14.1. The van der Waals surface area contributed by atoms with E-state index in [1.807, 2.05) is 48.5 Å². The summed E-state index contributed by atoms with van der Waals surface area (Å²) in [6, 6.07) is 15.1. The Morgan fingerprint density at radius 2 is 1.79 bits per heavy atom. The molecule has 1 N–H and O–H groups in total. The summed E-state index contributed by atoms with van der Waals surface area (Å²) in [6.45, 7) is -0.142. The molecule has 1 aliphatic rings. The Hall–Kier alpha value is -2.20. The van der Waals surface area contributed by atoms with Gasteiger partial charge >= 0.3 is 0 Å². The van der Waals surface area contributed by atoms with E-state index >= 15 is 0 Å². The normalized spacial score (nSPS) is 17.3. The minimum atomic E-state index is -0.419. The van der Waals surface area contributed by atoms with Crippen LogP contribution < -0.4 is 5.01 Å². The molecule has 2 aromatic carbocycles. The Bertz CT molecular complexity index is 613. The maximum absolute atomic E-state index is 11.2. The Kier molecular flexibility index (Phi) is 3.01. The summed E-state index contributed by atoms with van der Waals surface area (Å²) in [5.41, 5.74) is 3.90. The van der Waals surface area contributed by atoms with Crippen LogP contribution in [0.3, 0.4) is 0 Å². The van der Waals surface area contributed by atoms with Gasteiger partial charge in [0.05, 0.1) is 17.6 Å². The highest BCUT2D eigenvalue weighted by atomic mass is 16.3. The number of aliphatic hydroxyl groups is 1. The Morgan fingerprint density at radius 1 is 1.11 bits per heavy atom. The van der Waals surface area contributed by atoms with Crippen LogP contribution in [-0.4, -0.2) is 11.7 Å². The van der Waals surface area contributed by atoms with Gasteiger partial charge in [-0.05, 0) is 29.2 Å². The molecule has 0 radical (unpaired) electrons. The fourth-order valence-corrected chi connectivity index (χ4v) is 2.69. The van der Waals surface area contributed by atoms with Gasteiger partial charge in [0.1, 0.15) is 6.04 Å². The van der Waals surface area contributed by atoms with Gasteiger partial charge in [0.2, 0.25) is 0 Å². The lowest BCUT2D eigenvalue weighted by atomic mass is 9.98. The van der Waals surface area contributed by atoms with Crippen molar-refractivity contribution in [2.45, 2.75) is 12.5 Å². The number of aliphatic hydroxyl groups excluding tert-OH is 1. The van der Waals surface area contributed by atoms with Gasteiger partial charge in [-0.1, -0.05) is 42.5 Å². The van der Waals surface area contributed by atoms with Crippen LogP contribution in [0.2, 0.25) is 0 Å². The van der Waals surface area contributed by atoms with E-state index in [9.17, 15) is 10.0 Å². The number of rotatable bonds is 2. The van der Waals surface area contributed by atoms with Gasteiger partial charge in [0, 0.05) is 0 Å². The number of benzene rings is 2. The zero-order valence-electron chi connectivity index (χ0n) is 10.4. The van der Waals surface area contributed by atoms with Gasteiger partial charge < -0.3 is 5.11 Å². The topological polar surface area (TPSA) is 52.9 Å². The molecule has 96 valence electrons. The van der Waals surface area contributed by atoms with Crippen LogP contribution in [-0.2, 0) is 6.42 Å². The lowest BCUT2D eigenvalue weighted by Crippen LogP contribution is -2.25. The van der Waals surface area contributed by atoms with Crippen molar-refractivity contribution < 1.29 is 5.11 Å². The van der Waals surface area contributed by atoms with Crippen LogP contribution in [0.5, 0.6) is 0 Å². The zero-order valence-corrected chi connectivity index (χ0v) is 10.4. The maximum Gasteiger partial charge on any atom is 0.104 e. The van der Waals surface area contributed by atoms with Crippen molar-refractivity contribution in [1.82, 2.24) is 0 Å². The summed E-state index contributed by atoms with van der Waals surface area (Å²) >= 11 is 0. The Morgan fingerprint density at radius 3 is 2.53 bits per heavy atom. The molecule has 4 nitrogen and oxygen atoms in total. The Balaban J connectivity index is 2.23. The molecule has 2 aromatic rings. The number of nitrogens with zero attached hydrogens (tertiary/aromatic N) is 2. The van der Waals surface area contributed by atoms with Gasteiger partial charge in [-0.15, -0.1) is 4.91 Å². The van der Waals surface area contributed by atoms with Crippen LogP contribution in [0.4, 0.5) is 5.69 Å². The molecule has 0 fully saturated rings. The standard InChI is InChI=1S/C15H14N2O2/c18-10-15-13-7-3-1-5-11(13)9-12-6-2-4-8-14(12)17(15)16-19/h1-8,15,18H,9-10H2. The predicted octanol–water partition coefficient (Wildman–Crippen LogP) is 2.81. The fourth-order valence-electron chi connectivity index (χ4n) is 2.69. The lowest BCUT2D eigenvalue weighted by molar-refractivity contribution is 0.261. The molecule has 4 heteroatoms. The van der Waals surface area contributed by atoms with Crippen molar-refractivity contribution in [2.24, 2.45) is 5.29 Å². The van der Waals surface area contributed by atoms with Gasteiger partial charge in [-0.3, -0.25) is 0 Å². The number of anilines is 1. The van der Waals surface area contributed by atoms with Crippen LogP contribution in [0.1, 0.15) is 22.7 Å². The van der Waals surface area contributed by atoms with E-state index in [-0.39, 0.29) is 6.61 Å². The number of nitroso groups, excluding NO2 is 1. The predicted molar refractivity (Wildman–Crippen MR) is 73.8 cm³/mol. The zero-order chi connectivity index (χ0) is 13.2. The fraction of sp³-hybridized carbons (Fsp3) is 0.200. The van der Waals surface area contributed by atoms with Crippen molar-refractivity contribution >= 4 is 5.69 Å². The van der Waals surface area contributed by atoms with Crippen LogP contribution >= 0.6 is 0 Å². The summed E-state index contributed by atoms with van der Waals surface area (Å²) in [7, 11) is 0. The highest BCUT2D eigenvalue weighted by Gasteiger charge is 2.28. The number of fused-ring (bicyclic) bond motifs is 2. The molecular formula is C15H14N2O2. The first-order chi connectivity index (χ1) is 9.35. The first-order valence-electron chi connectivity index (χ1n) is 6.24. The third-order valence-corrected chi connectivity index (χ3v) is 3.59. The molecule has 0 aliphatic carbocycles. The van der Waals surface area contributed by atoms with Gasteiger partial charge in [-0.25, -0.2) is 5.01 Å². The van der Waals surface area contributed by atoms with E-state index in [1.165, 1.54) is 5.01 Å². The van der Waals surface area contributed by atoms with Gasteiger partial charge in [-0.2, -0.15) is 0 Å². The van der Waals surface area contributed by atoms with Crippen molar-refractivity contribution in [3.8, 4) is 0 Å². The summed E-state index contributed by atoms with van der Waals surface area (Å²) in [4.78, 5) is 11.2. The summed E-state index contributed by atoms with van der Waals surface area (Å²) < 4.78 is 0. The van der Waals surface area contributed by atoms with Crippen molar-refractivity contribution in [2.75, 3.05) is 11.6 Å². The molecule has 1 unspecified atom stereocenters. The molecule has 0 saturated heterocycles. The number of para-hydroxylation sites is 1. The first kappa shape index (κ1) is 11.9. The van der Waals surface area contributed by atoms with E-state index in [0.29, 0.717) is 0 Å². The molecule has 1 heterocycles. The minimum Gasteiger partial charge on any atom is -0.394 e. The van der Waals surface area contributed by atoms with E-state index in [0.717, 1.165) is 28.8 Å². The molecule has 1 atom stereocenters. The first-order valence-corrected chi connectivity index (χ1v) is 6.24. The monoisotopic (exact) mass is 254 g/mol. The van der Waals surface area contributed by atoms with Crippen LogP contribution in [0, 0.1) is 4.91 Å². The van der Waals surface area contributed by atoms with E-state index in [1.54, 1.807) is 0 Å². The van der Waals surface area contributed by atoms with E-state index in [4.69, 9.17) is 0 Å². The largest absolute Gasteiger partial charge is 0.394 e.